The van der Waals surface area contributed by atoms with Crippen LogP contribution in [0.25, 0.3) is 0 Å². The van der Waals surface area contributed by atoms with E-state index in [-0.39, 0.29) is 40.8 Å². The van der Waals surface area contributed by atoms with E-state index in [1.165, 1.54) is 6.42 Å². The molecule has 7 heteroatoms. The number of carbonyl (C=O) groups excluding carboxylic acids is 1. The summed E-state index contributed by atoms with van der Waals surface area (Å²) in [5.41, 5.74) is 0.384. The number of esters is 1. The molecular formula is C32H54O6S. The van der Waals surface area contributed by atoms with E-state index in [0.717, 1.165) is 64.2 Å². The van der Waals surface area contributed by atoms with Crippen molar-refractivity contribution in [3.8, 4) is 0 Å². The first-order valence-electron chi connectivity index (χ1n) is 16.2. The molecule has 5 saturated carbocycles. The standard InChI is InChI=1S/C32H54O6S/c1-5-23-27-18-21(33)12-15-32(27,4)26-13-16-31(3)24(10-11-25(31)29(26)30(23)35)20(2)14-17-38-28(34)19-39(36,37)22-8-6-7-9-22/h20-27,29-30,33,35H,5-19H2,1-4H3/t20-,21-,23-,24-,25+,26+,27+,29+,30-,31-,32-/m1/s1. The third-order valence-corrected chi connectivity index (χ3v) is 15.2. The van der Waals surface area contributed by atoms with E-state index < -0.39 is 21.6 Å². The molecular weight excluding hydrogens is 512 g/mol. The minimum atomic E-state index is -3.40. The number of hydrogen-bond donors (Lipinski definition) is 2. The van der Waals surface area contributed by atoms with E-state index in [9.17, 15) is 23.4 Å². The fraction of sp³-hybridized carbons (Fsp3) is 0.969. The lowest BCUT2D eigenvalue weighted by molar-refractivity contribution is -0.203. The molecule has 39 heavy (non-hydrogen) atoms. The van der Waals surface area contributed by atoms with Crippen LogP contribution in [0.1, 0.15) is 111 Å². The van der Waals surface area contributed by atoms with Gasteiger partial charge in [0.2, 0.25) is 0 Å². The lowest BCUT2D eigenvalue weighted by Crippen LogP contribution is -2.62. The number of fused-ring (bicyclic) bond motifs is 5. The fourth-order valence-electron chi connectivity index (χ4n) is 11.1. The SMILES string of the molecule is CC[C@H]1[C@@H](O)[C@@H]2[C@H](CC[C@]3(C)[C@@H]([C@H](C)CCOC(=O)CS(=O)(=O)C4CCCC4)CC[C@@H]23)[C@@]2(C)CC[C@@H](O)C[C@@H]12. The summed E-state index contributed by atoms with van der Waals surface area (Å²) in [5.74, 6) is 1.88. The Bertz CT molecular complexity index is 991. The average molecular weight is 567 g/mol. The van der Waals surface area contributed by atoms with Gasteiger partial charge in [-0.05, 0) is 116 Å². The Labute approximate surface area is 237 Å². The van der Waals surface area contributed by atoms with Crippen LogP contribution in [0.4, 0.5) is 0 Å². The van der Waals surface area contributed by atoms with Crippen molar-refractivity contribution in [1.82, 2.24) is 0 Å². The molecule has 0 heterocycles. The van der Waals surface area contributed by atoms with E-state index >= 15 is 0 Å². The number of aliphatic hydroxyl groups is 2. The number of rotatable bonds is 8. The molecule has 5 aliphatic carbocycles. The Kier molecular flexibility index (Phi) is 8.57. The summed E-state index contributed by atoms with van der Waals surface area (Å²) in [6, 6.07) is 0. The third-order valence-electron chi connectivity index (χ3n) is 13.1. The largest absolute Gasteiger partial charge is 0.465 e. The number of sulfone groups is 1. The molecule has 5 aliphatic rings. The average Bonchev–Trinajstić information content (AvgIpc) is 3.54. The number of carbonyl (C=O) groups is 1. The van der Waals surface area contributed by atoms with Crippen molar-refractivity contribution in [2.24, 2.45) is 52.3 Å². The zero-order valence-corrected chi connectivity index (χ0v) is 25.6. The molecule has 0 saturated heterocycles. The monoisotopic (exact) mass is 566 g/mol. The Morgan fingerprint density at radius 2 is 1.62 bits per heavy atom. The van der Waals surface area contributed by atoms with Gasteiger partial charge in [-0.1, -0.05) is 47.0 Å². The van der Waals surface area contributed by atoms with Crippen molar-refractivity contribution < 1.29 is 28.2 Å². The third kappa shape index (κ3) is 5.24. The fourth-order valence-corrected chi connectivity index (χ4v) is 12.8. The van der Waals surface area contributed by atoms with E-state index in [0.29, 0.717) is 48.3 Å². The van der Waals surface area contributed by atoms with Crippen LogP contribution in [0.15, 0.2) is 0 Å². The summed E-state index contributed by atoms with van der Waals surface area (Å²) in [4.78, 5) is 12.4. The summed E-state index contributed by atoms with van der Waals surface area (Å²) in [6.45, 7) is 9.73. The zero-order chi connectivity index (χ0) is 28.2. The minimum absolute atomic E-state index is 0.174. The van der Waals surface area contributed by atoms with Crippen LogP contribution in [0.3, 0.4) is 0 Å². The van der Waals surface area contributed by atoms with Crippen LogP contribution in [-0.4, -0.2) is 54.4 Å². The Hall–Kier alpha value is -0.660. The highest BCUT2D eigenvalue weighted by Gasteiger charge is 2.64. The van der Waals surface area contributed by atoms with Gasteiger partial charge < -0.3 is 14.9 Å². The smallest absolute Gasteiger partial charge is 0.321 e. The molecule has 224 valence electrons. The normalized spacial score (nSPS) is 45.3. The molecule has 11 atom stereocenters. The van der Waals surface area contributed by atoms with Gasteiger partial charge in [-0.15, -0.1) is 0 Å². The molecule has 0 amide bonds. The molecule has 2 N–H and O–H groups in total. The molecule has 6 nitrogen and oxygen atoms in total. The van der Waals surface area contributed by atoms with E-state index in [1.807, 2.05) is 0 Å². The minimum Gasteiger partial charge on any atom is -0.465 e. The number of aliphatic hydroxyl groups excluding tert-OH is 2. The Morgan fingerprint density at radius 1 is 0.949 bits per heavy atom. The van der Waals surface area contributed by atoms with Gasteiger partial charge in [0.1, 0.15) is 5.75 Å². The molecule has 5 rings (SSSR count). The molecule has 0 aromatic carbocycles. The van der Waals surface area contributed by atoms with Crippen molar-refractivity contribution in [2.45, 2.75) is 129 Å². The van der Waals surface area contributed by atoms with Crippen LogP contribution >= 0.6 is 0 Å². The molecule has 0 aromatic heterocycles. The first kappa shape index (κ1) is 29.8. The number of ether oxygens (including phenoxy) is 1. The summed E-state index contributed by atoms with van der Waals surface area (Å²) in [5, 5.41) is 22.0. The first-order valence-corrected chi connectivity index (χ1v) is 17.9. The van der Waals surface area contributed by atoms with Gasteiger partial charge in [0, 0.05) is 0 Å². The quantitative estimate of drug-likeness (QED) is 0.374. The van der Waals surface area contributed by atoms with Crippen molar-refractivity contribution >= 4 is 15.8 Å². The van der Waals surface area contributed by atoms with E-state index in [1.54, 1.807) is 0 Å². The van der Waals surface area contributed by atoms with Crippen LogP contribution in [0.5, 0.6) is 0 Å². The molecule has 0 unspecified atom stereocenters. The van der Waals surface area contributed by atoms with Gasteiger partial charge in [-0.2, -0.15) is 0 Å². The molecule has 5 fully saturated rings. The second-order valence-electron chi connectivity index (χ2n) is 14.8. The van der Waals surface area contributed by atoms with Gasteiger partial charge in [0.05, 0.1) is 24.1 Å². The van der Waals surface area contributed by atoms with Gasteiger partial charge in [-0.25, -0.2) is 8.42 Å². The van der Waals surface area contributed by atoms with Gasteiger partial charge in [0.15, 0.2) is 9.84 Å². The predicted octanol–water partition coefficient (Wildman–Crippen LogP) is 5.54. The second-order valence-corrected chi connectivity index (χ2v) is 17.1. The number of hydrogen-bond acceptors (Lipinski definition) is 6. The van der Waals surface area contributed by atoms with Crippen LogP contribution in [0, 0.1) is 52.3 Å². The maximum atomic E-state index is 12.5. The van der Waals surface area contributed by atoms with Gasteiger partial charge >= 0.3 is 5.97 Å². The lowest BCUT2D eigenvalue weighted by atomic mass is 9.41. The molecule has 0 aromatic rings. The second kappa shape index (κ2) is 11.2. The topological polar surface area (TPSA) is 101 Å². The highest BCUT2D eigenvalue weighted by molar-refractivity contribution is 7.92. The van der Waals surface area contributed by atoms with E-state index in [4.69, 9.17) is 4.74 Å². The summed E-state index contributed by atoms with van der Waals surface area (Å²) < 4.78 is 30.5. The summed E-state index contributed by atoms with van der Waals surface area (Å²) in [6.07, 6.45) is 11.9. The summed E-state index contributed by atoms with van der Waals surface area (Å²) >= 11 is 0. The lowest BCUT2D eigenvalue weighted by Gasteiger charge is -2.64. The van der Waals surface area contributed by atoms with Crippen molar-refractivity contribution in [3.05, 3.63) is 0 Å². The maximum Gasteiger partial charge on any atom is 0.321 e. The van der Waals surface area contributed by atoms with Gasteiger partial charge in [0.25, 0.3) is 0 Å². The molecule has 0 aliphatic heterocycles. The molecule has 0 radical (unpaired) electrons. The Balaban J connectivity index is 1.22. The van der Waals surface area contributed by atoms with Crippen molar-refractivity contribution in [1.29, 1.82) is 0 Å². The van der Waals surface area contributed by atoms with Crippen LogP contribution < -0.4 is 0 Å². The van der Waals surface area contributed by atoms with Crippen LogP contribution in [0.2, 0.25) is 0 Å². The highest BCUT2D eigenvalue weighted by atomic mass is 32.2. The summed E-state index contributed by atoms with van der Waals surface area (Å²) in [7, 11) is -3.40. The maximum absolute atomic E-state index is 12.5. The zero-order valence-electron chi connectivity index (χ0n) is 24.8. The van der Waals surface area contributed by atoms with Crippen molar-refractivity contribution in [2.75, 3.05) is 12.4 Å². The highest BCUT2D eigenvalue weighted by Crippen LogP contribution is 2.69. The molecule has 0 bridgehead atoms. The first-order chi connectivity index (χ1) is 18.4. The van der Waals surface area contributed by atoms with E-state index in [2.05, 4.69) is 27.7 Å². The predicted molar refractivity (Wildman–Crippen MR) is 153 cm³/mol. The van der Waals surface area contributed by atoms with Crippen LogP contribution in [-0.2, 0) is 19.4 Å². The Morgan fingerprint density at radius 3 is 2.31 bits per heavy atom. The van der Waals surface area contributed by atoms with Gasteiger partial charge in [-0.3, -0.25) is 4.79 Å². The van der Waals surface area contributed by atoms with Crippen molar-refractivity contribution in [3.63, 3.8) is 0 Å². The molecule has 0 spiro atoms.